The number of hydrogen-bond acceptors (Lipinski definition) is 5. The molecule has 41 heavy (non-hydrogen) atoms. The number of anilines is 3. The number of carbonyl (C=O) groups is 1. The van der Waals surface area contributed by atoms with Crippen LogP contribution in [0.4, 0.5) is 21.7 Å². The molecular weight excluding hydrogens is 515 g/mol. The van der Waals surface area contributed by atoms with Gasteiger partial charge in [0.25, 0.3) is 5.91 Å². The molecule has 0 unspecified atom stereocenters. The molecule has 4 aromatic carbocycles. The summed E-state index contributed by atoms with van der Waals surface area (Å²) in [5, 5.41) is 10.7. The SMILES string of the molecule is NCCc1ccc(C(=O)Nc2ccc(Nc3nc(-c4ccc(-c5ccc(F)cc5)cc4)cc4ccnn34)cc2)cc1. The molecule has 2 aromatic heterocycles. The topological polar surface area (TPSA) is 97.3 Å². The zero-order valence-electron chi connectivity index (χ0n) is 22.1. The molecule has 0 bridgehead atoms. The molecule has 6 rings (SSSR count). The molecule has 0 spiro atoms. The fourth-order valence-corrected chi connectivity index (χ4v) is 4.60. The van der Waals surface area contributed by atoms with Crippen LogP contribution in [0.5, 0.6) is 0 Å². The van der Waals surface area contributed by atoms with Crippen LogP contribution in [0, 0.1) is 5.82 Å². The number of benzene rings is 4. The second-order valence-corrected chi connectivity index (χ2v) is 9.61. The summed E-state index contributed by atoms with van der Waals surface area (Å²) < 4.78 is 15.0. The van der Waals surface area contributed by atoms with E-state index in [0.717, 1.165) is 45.6 Å². The lowest BCUT2D eigenvalue weighted by Crippen LogP contribution is -2.12. The normalized spacial score (nSPS) is 11.0. The number of nitrogens with zero attached hydrogens (tertiary/aromatic N) is 3. The van der Waals surface area contributed by atoms with Gasteiger partial charge in [-0.2, -0.15) is 5.10 Å². The Kier molecular flexibility index (Phi) is 7.21. The Bertz CT molecular complexity index is 1800. The fraction of sp³-hybridized carbons (Fsp3) is 0.0606. The van der Waals surface area contributed by atoms with Crippen molar-refractivity contribution in [3.63, 3.8) is 0 Å². The van der Waals surface area contributed by atoms with Crippen LogP contribution >= 0.6 is 0 Å². The van der Waals surface area contributed by atoms with E-state index in [0.29, 0.717) is 23.7 Å². The number of nitrogens with one attached hydrogen (secondary N) is 2. The number of aromatic nitrogens is 3. The van der Waals surface area contributed by atoms with Crippen molar-refractivity contribution in [3.8, 4) is 22.4 Å². The van der Waals surface area contributed by atoms with Crippen molar-refractivity contribution in [1.82, 2.24) is 14.6 Å². The molecule has 0 atom stereocenters. The van der Waals surface area contributed by atoms with Gasteiger partial charge in [-0.25, -0.2) is 13.9 Å². The molecule has 2 heterocycles. The summed E-state index contributed by atoms with van der Waals surface area (Å²) in [4.78, 5) is 17.5. The second-order valence-electron chi connectivity index (χ2n) is 9.61. The van der Waals surface area contributed by atoms with Gasteiger partial charge in [0, 0.05) is 22.5 Å². The Morgan fingerprint density at radius 1 is 0.780 bits per heavy atom. The van der Waals surface area contributed by atoms with E-state index in [-0.39, 0.29) is 11.7 Å². The number of rotatable bonds is 8. The quantitative estimate of drug-likeness (QED) is 0.199. The van der Waals surface area contributed by atoms with E-state index in [1.54, 1.807) is 35.0 Å². The van der Waals surface area contributed by atoms with Gasteiger partial charge in [-0.3, -0.25) is 4.79 Å². The first-order valence-electron chi connectivity index (χ1n) is 13.2. The summed E-state index contributed by atoms with van der Waals surface area (Å²) in [7, 11) is 0. The highest BCUT2D eigenvalue weighted by Gasteiger charge is 2.11. The highest BCUT2D eigenvalue weighted by Crippen LogP contribution is 2.27. The smallest absolute Gasteiger partial charge is 0.255 e. The van der Waals surface area contributed by atoms with Crippen LogP contribution in [0.2, 0.25) is 0 Å². The molecule has 0 saturated heterocycles. The molecule has 202 valence electrons. The van der Waals surface area contributed by atoms with E-state index in [2.05, 4.69) is 15.7 Å². The average molecular weight is 543 g/mol. The van der Waals surface area contributed by atoms with Crippen molar-refractivity contribution in [2.75, 3.05) is 17.2 Å². The molecule has 0 radical (unpaired) electrons. The maximum absolute atomic E-state index is 13.3. The van der Waals surface area contributed by atoms with E-state index in [1.165, 1.54) is 12.1 Å². The summed E-state index contributed by atoms with van der Waals surface area (Å²) in [6, 6.07) is 33.2. The first kappa shape index (κ1) is 25.9. The Morgan fingerprint density at radius 3 is 2.10 bits per heavy atom. The van der Waals surface area contributed by atoms with Crippen LogP contribution in [0.15, 0.2) is 115 Å². The third kappa shape index (κ3) is 5.83. The molecule has 4 N–H and O–H groups in total. The summed E-state index contributed by atoms with van der Waals surface area (Å²) in [5.74, 6) is 0.121. The van der Waals surface area contributed by atoms with Gasteiger partial charge in [-0.15, -0.1) is 0 Å². The third-order valence-electron chi connectivity index (χ3n) is 6.79. The van der Waals surface area contributed by atoms with Crippen LogP contribution in [0.3, 0.4) is 0 Å². The highest BCUT2D eigenvalue weighted by atomic mass is 19.1. The van der Waals surface area contributed by atoms with Crippen molar-refractivity contribution >= 4 is 28.7 Å². The van der Waals surface area contributed by atoms with Crippen molar-refractivity contribution in [3.05, 3.63) is 132 Å². The Hall–Kier alpha value is -5.34. The zero-order chi connectivity index (χ0) is 28.2. The number of amides is 1. The summed E-state index contributed by atoms with van der Waals surface area (Å²) >= 11 is 0. The maximum Gasteiger partial charge on any atom is 0.255 e. The molecule has 6 aromatic rings. The molecule has 0 aliphatic carbocycles. The molecule has 7 nitrogen and oxygen atoms in total. The van der Waals surface area contributed by atoms with Crippen LogP contribution in [-0.2, 0) is 6.42 Å². The van der Waals surface area contributed by atoms with E-state index in [4.69, 9.17) is 10.7 Å². The van der Waals surface area contributed by atoms with Crippen molar-refractivity contribution in [1.29, 1.82) is 0 Å². The Morgan fingerprint density at radius 2 is 1.41 bits per heavy atom. The van der Waals surface area contributed by atoms with Gasteiger partial charge in [0.05, 0.1) is 17.4 Å². The maximum atomic E-state index is 13.3. The molecule has 8 heteroatoms. The first-order valence-corrected chi connectivity index (χ1v) is 13.2. The Balaban J connectivity index is 1.19. The van der Waals surface area contributed by atoms with Gasteiger partial charge in [-0.1, -0.05) is 48.5 Å². The van der Waals surface area contributed by atoms with E-state index in [9.17, 15) is 9.18 Å². The fourth-order valence-electron chi connectivity index (χ4n) is 4.60. The molecule has 0 saturated carbocycles. The van der Waals surface area contributed by atoms with Crippen LogP contribution in [0.25, 0.3) is 27.9 Å². The van der Waals surface area contributed by atoms with Gasteiger partial charge in [0.15, 0.2) is 0 Å². The largest absolute Gasteiger partial charge is 0.330 e. The predicted octanol–water partition coefficient (Wildman–Crippen LogP) is 6.70. The predicted molar refractivity (Wildman–Crippen MR) is 161 cm³/mol. The second kappa shape index (κ2) is 11.4. The average Bonchev–Trinajstić information content (AvgIpc) is 3.49. The van der Waals surface area contributed by atoms with Crippen LogP contribution < -0.4 is 16.4 Å². The number of carbonyl (C=O) groups excluding carboxylic acids is 1. The zero-order valence-corrected chi connectivity index (χ0v) is 22.1. The van der Waals surface area contributed by atoms with Crippen molar-refractivity contribution < 1.29 is 9.18 Å². The number of hydrogen-bond donors (Lipinski definition) is 3. The molecule has 0 aliphatic rings. The summed E-state index contributed by atoms with van der Waals surface area (Å²) in [6.45, 7) is 0.573. The number of halogens is 1. The lowest BCUT2D eigenvalue weighted by molar-refractivity contribution is 0.102. The monoisotopic (exact) mass is 542 g/mol. The number of nitrogens with two attached hydrogens (primary N) is 1. The van der Waals surface area contributed by atoms with Gasteiger partial charge in [0.2, 0.25) is 5.95 Å². The lowest BCUT2D eigenvalue weighted by Gasteiger charge is -2.12. The molecule has 0 fully saturated rings. The van der Waals surface area contributed by atoms with Gasteiger partial charge in [-0.05, 0) is 90.3 Å². The highest BCUT2D eigenvalue weighted by molar-refractivity contribution is 6.04. The van der Waals surface area contributed by atoms with E-state index in [1.807, 2.05) is 72.8 Å². The van der Waals surface area contributed by atoms with Gasteiger partial charge < -0.3 is 16.4 Å². The standard InChI is InChI=1S/C33H27FN6O/c34-27-11-9-24(10-12-27)23-5-7-25(8-6-23)31-21-30-18-20-36-40(30)33(39-31)38-29-15-13-28(14-16-29)37-32(41)26-3-1-22(2-4-26)17-19-35/h1-16,18,20-21H,17,19,35H2,(H,37,41)(H,38,39). The van der Waals surface area contributed by atoms with Crippen LogP contribution in [-0.4, -0.2) is 27.0 Å². The molecular formula is C33H27FN6O. The minimum absolute atomic E-state index is 0.178. The van der Waals surface area contributed by atoms with Gasteiger partial charge >= 0.3 is 0 Å². The van der Waals surface area contributed by atoms with Gasteiger partial charge in [0.1, 0.15) is 5.82 Å². The molecule has 0 aliphatic heterocycles. The summed E-state index contributed by atoms with van der Waals surface area (Å²) in [5.41, 5.74) is 13.3. The van der Waals surface area contributed by atoms with Crippen molar-refractivity contribution in [2.45, 2.75) is 6.42 Å². The van der Waals surface area contributed by atoms with E-state index >= 15 is 0 Å². The molecule has 1 amide bonds. The van der Waals surface area contributed by atoms with Crippen LogP contribution in [0.1, 0.15) is 15.9 Å². The third-order valence-corrected chi connectivity index (χ3v) is 6.79. The minimum atomic E-state index is -0.257. The lowest BCUT2D eigenvalue weighted by atomic mass is 10.0. The number of fused-ring (bicyclic) bond motifs is 1. The minimum Gasteiger partial charge on any atom is -0.330 e. The Labute approximate surface area is 236 Å². The van der Waals surface area contributed by atoms with E-state index < -0.39 is 0 Å². The van der Waals surface area contributed by atoms with Crippen molar-refractivity contribution in [2.24, 2.45) is 5.73 Å². The first-order chi connectivity index (χ1) is 20.1. The summed E-state index contributed by atoms with van der Waals surface area (Å²) in [6.07, 6.45) is 2.51.